The van der Waals surface area contributed by atoms with Gasteiger partial charge in [-0.1, -0.05) is 0 Å². The number of aromatic nitrogens is 2. The van der Waals surface area contributed by atoms with Crippen molar-refractivity contribution in [3.05, 3.63) is 39.0 Å². The summed E-state index contributed by atoms with van der Waals surface area (Å²) in [4.78, 5) is 15.9. The molecule has 0 aromatic carbocycles. The number of carboxylic acids is 1. The second kappa shape index (κ2) is 4.16. The van der Waals surface area contributed by atoms with Crippen LogP contribution in [0.25, 0.3) is 0 Å². The summed E-state index contributed by atoms with van der Waals surface area (Å²) >= 11 is 4.77. The lowest BCUT2D eigenvalue weighted by atomic mass is 10.4. The van der Waals surface area contributed by atoms with Crippen molar-refractivity contribution in [1.82, 2.24) is 9.55 Å². The van der Waals surface area contributed by atoms with Crippen LogP contribution in [0.4, 0.5) is 0 Å². The minimum atomic E-state index is -0.926. The van der Waals surface area contributed by atoms with Crippen molar-refractivity contribution in [3.63, 3.8) is 0 Å². The number of aromatic carboxylic acids is 1. The SMILES string of the molecule is O=C(O)c1cc(Br)cn1Cc1cncs1. The molecule has 0 aliphatic rings. The monoisotopic (exact) mass is 286 g/mol. The lowest BCUT2D eigenvalue weighted by Crippen LogP contribution is -2.07. The summed E-state index contributed by atoms with van der Waals surface area (Å²) in [6, 6.07) is 1.59. The Hall–Kier alpha value is -1.14. The Bertz CT molecular complexity index is 478. The van der Waals surface area contributed by atoms with Crippen molar-refractivity contribution in [2.24, 2.45) is 0 Å². The standard InChI is InChI=1S/C9H7BrN2O2S/c10-6-1-8(9(13)14)12(3-6)4-7-2-11-5-15-7/h1-3,5H,4H2,(H,13,14). The molecule has 0 amide bonds. The van der Waals surface area contributed by atoms with E-state index in [9.17, 15) is 4.79 Å². The topological polar surface area (TPSA) is 55.1 Å². The third-order valence-electron chi connectivity index (χ3n) is 1.89. The summed E-state index contributed by atoms with van der Waals surface area (Å²) in [5, 5.41) is 8.95. The first-order chi connectivity index (χ1) is 7.16. The summed E-state index contributed by atoms with van der Waals surface area (Å²) in [5.74, 6) is -0.926. The molecule has 0 bridgehead atoms. The Morgan fingerprint density at radius 2 is 2.47 bits per heavy atom. The maximum atomic E-state index is 10.9. The highest BCUT2D eigenvalue weighted by molar-refractivity contribution is 9.10. The molecule has 6 heteroatoms. The number of thiazole rings is 1. The molecule has 78 valence electrons. The smallest absolute Gasteiger partial charge is 0.352 e. The molecule has 2 aromatic rings. The summed E-state index contributed by atoms with van der Waals surface area (Å²) in [6.07, 6.45) is 3.49. The van der Waals surface area contributed by atoms with Crippen LogP contribution in [0.3, 0.4) is 0 Å². The van der Waals surface area contributed by atoms with Crippen molar-refractivity contribution in [3.8, 4) is 0 Å². The van der Waals surface area contributed by atoms with Gasteiger partial charge in [0.05, 0.1) is 12.1 Å². The van der Waals surface area contributed by atoms with E-state index in [2.05, 4.69) is 20.9 Å². The van der Waals surface area contributed by atoms with Gasteiger partial charge < -0.3 is 9.67 Å². The van der Waals surface area contributed by atoms with E-state index in [-0.39, 0.29) is 5.69 Å². The van der Waals surface area contributed by atoms with Gasteiger partial charge in [0.15, 0.2) is 0 Å². The van der Waals surface area contributed by atoms with E-state index in [4.69, 9.17) is 5.11 Å². The molecule has 0 atom stereocenters. The van der Waals surface area contributed by atoms with E-state index in [0.29, 0.717) is 6.54 Å². The third-order valence-corrected chi connectivity index (χ3v) is 3.09. The number of nitrogens with zero attached hydrogens (tertiary/aromatic N) is 2. The highest BCUT2D eigenvalue weighted by Crippen LogP contribution is 2.17. The lowest BCUT2D eigenvalue weighted by Gasteiger charge is -2.02. The predicted octanol–water partition coefficient (Wildman–Crippen LogP) is 2.45. The zero-order valence-corrected chi connectivity index (χ0v) is 9.96. The van der Waals surface area contributed by atoms with Crippen molar-refractivity contribution in [2.75, 3.05) is 0 Å². The molecule has 0 radical (unpaired) electrons. The first kappa shape index (κ1) is 10.4. The molecular weight excluding hydrogens is 280 g/mol. The second-order valence-corrected chi connectivity index (χ2v) is 4.83. The van der Waals surface area contributed by atoms with Gasteiger partial charge in [-0.3, -0.25) is 4.98 Å². The molecule has 2 aromatic heterocycles. The van der Waals surface area contributed by atoms with E-state index in [1.165, 1.54) is 11.3 Å². The van der Waals surface area contributed by atoms with Crippen molar-refractivity contribution >= 4 is 33.2 Å². The van der Waals surface area contributed by atoms with Gasteiger partial charge in [-0.25, -0.2) is 4.79 Å². The molecule has 0 saturated carbocycles. The van der Waals surface area contributed by atoms with Gasteiger partial charge in [-0.2, -0.15) is 0 Å². The Balaban J connectivity index is 2.31. The fourth-order valence-electron chi connectivity index (χ4n) is 1.27. The Labute approximate surface area is 98.3 Å². The van der Waals surface area contributed by atoms with Gasteiger partial charge in [0.1, 0.15) is 5.69 Å². The molecule has 0 aliphatic carbocycles. The number of carboxylic acid groups (broad SMARTS) is 1. The van der Waals surface area contributed by atoms with E-state index in [0.717, 1.165) is 9.35 Å². The van der Waals surface area contributed by atoms with E-state index < -0.39 is 5.97 Å². The predicted molar refractivity (Wildman–Crippen MR) is 60.3 cm³/mol. The largest absolute Gasteiger partial charge is 0.477 e. The molecule has 0 spiro atoms. The Morgan fingerprint density at radius 3 is 3.07 bits per heavy atom. The van der Waals surface area contributed by atoms with Gasteiger partial charge in [-0.05, 0) is 22.0 Å². The second-order valence-electron chi connectivity index (χ2n) is 2.94. The highest BCUT2D eigenvalue weighted by atomic mass is 79.9. The Kier molecular flexibility index (Phi) is 2.88. The van der Waals surface area contributed by atoms with Gasteiger partial charge in [-0.15, -0.1) is 11.3 Å². The quantitative estimate of drug-likeness (QED) is 0.943. The lowest BCUT2D eigenvalue weighted by molar-refractivity contribution is 0.0686. The number of hydrogen-bond donors (Lipinski definition) is 1. The molecule has 0 fully saturated rings. The molecule has 2 rings (SSSR count). The molecular formula is C9H7BrN2O2S. The van der Waals surface area contributed by atoms with Crippen molar-refractivity contribution < 1.29 is 9.90 Å². The normalized spacial score (nSPS) is 10.5. The first-order valence-corrected chi connectivity index (χ1v) is 5.80. The number of rotatable bonds is 3. The molecule has 0 aliphatic heterocycles. The Morgan fingerprint density at radius 1 is 1.67 bits per heavy atom. The molecule has 2 heterocycles. The molecule has 0 unspecified atom stereocenters. The van der Waals surface area contributed by atoms with Crippen LogP contribution in [0.5, 0.6) is 0 Å². The van der Waals surface area contributed by atoms with Crippen LogP contribution < -0.4 is 0 Å². The summed E-state index contributed by atoms with van der Waals surface area (Å²) in [7, 11) is 0. The number of carbonyl (C=O) groups is 1. The molecule has 0 saturated heterocycles. The highest BCUT2D eigenvalue weighted by Gasteiger charge is 2.11. The van der Waals surface area contributed by atoms with Gasteiger partial charge in [0.25, 0.3) is 0 Å². The van der Waals surface area contributed by atoms with E-state index in [1.54, 1.807) is 28.5 Å². The van der Waals surface area contributed by atoms with Crippen LogP contribution in [0.15, 0.2) is 28.4 Å². The summed E-state index contributed by atoms with van der Waals surface area (Å²) in [6.45, 7) is 0.540. The number of halogens is 1. The molecule has 4 nitrogen and oxygen atoms in total. The fourth-order valence-corrected chi connectivity index (χ4v) is 2.33. The van der Waals surface area contributed by atoms with Crippen molar-refractivity contribution in [2.45, 2.75) is 6.54 Å². The fraction of sp³-hybridized carbons (Fsp3) is 0.111. The van der Waals surface area contributed by atoms with Gasteiger partial charge >= 0.3 is 5.97 Å². The minimum absolute atomic E-state index is 0.273. The minimum Gasteiger partial charge on any atom is -0.477 e. The average molecular weight is 287 g/mol. The zero-order chi connectivity index (χ0) is 10.8. The summed E-state index contributed by atoms with van der Waals surface area (Å²) < 4.78 is 2.45. The van der Waals surface area contributed by atoms with Crippen LogP contribution in [0.1, 0.15) is 15.4 Å². The van der Waals surface area contributed by atoms with E-state index in [1.807, 2.05) is 0 Å². The maximum absolute atomic E-state index is 10.9. The van der Waals surface area contributed by atoms with Gasteiger partial charge in [0.2, 0.25) is 0 Å². The van der Waals surface area contributed by atoms with Crippen LogP contribution in [0.2, 0.25) is 0 Å². The van der Waals surface area contributed by atoms with E-state index >= 15 is 0 Å². The molecule has 15 heavy (non-hydrogen) atoms. The first-order valence-electron chi connectivity index (χ1n) is 4.13. The van der Waals surface area contributed by atoms with Crippen molar-refractivity contribution in [1.29, 1.82) is 0 Å². The third kappa shape index (κ3) is 2.27. The van der Waals surface area contributed by atoms with Crippen LogP contribution >= 0.6 is 27.3 Å². The maximum Gasteiger partial charge on any atom is 0.352 e. The average Bonchev–Trinajstić information content (AvgIpc) is 2.75. The molecule has 1 N–H and O–H groups in total. The van der Waals surface area contributed by atoms with Crippen LogP contribution in [-0.4, -0.2) is 20.6 Å². The zero-order valence-electron chi connectivity index (χ0n) is 7.55. The summed E-state index contributed by atoms with van der Waals surface area (Å²) in [5.41, 5.74) is 2.00. The van der Waals surface area contributed by atoms with Gasteiger partial charge in [0, 0.05) is 21.7 Å². The van der Waals surface area contributed by atoms with Crippen LogP contribution in [-0.2, 0) is 6.54 Å². The number of hydrogen-bond acceptors (Lipinski definition) is 3. The van der Waals surface area contributed by atoms with Crippen LogP contribution in [0, 0.1) is 0 Å².